The summed E-state index contributed by atoms with van der Waals surface area (Å²) in [5.74, 6) is 0.629. The first-order valence-electron chi connectivity index (χ1n) is 3.96. The van der Waals surface area contributed by atoms with Gasteiger partial charge in [-0.3, -0.25) is 0 Å². The molecule has 0 bridgehead atoms. The molecule has 13 heavy (non-hydrogen) atoms. The van der Waals surface area contributed by atoms with E-state index in [2.05, 4.69) is 5.32 Å². The van der Waals surface area contributed by atoms with Gasteiger partial charge < -0.3 is 15.2 Å². The molecule has 0 saturated carbocycles. The Morgan fingerprint density at radius 2 is 2.31 bits per heavy atom. The van der Waals surface area contributed by atoms with E-state index in [1.54, 1.807) is 19.2 Å². The first kappa shape index (κ1) is 10.2. The number of aliphatic hydroxyl groups excluding tert-OH is 1. The second kappa shape index (κ2) is 4.94. The number of rotatable bonds is 4. The molecule has 1 aromatic rings. The lowest BCUT2D eigenvalue weighted by Crippen LogP contribution is -2.05. The zero-order valence-electron chi connectivity index (χ0n) is 7.38. The van der Waals surface area contributed by atoms with Crippen molar-refractivity contribution >= 4 is 17.3 Å². The van der Waals surface area contributed by atoms with Crippen LogP contribution < -0.4 is 10.1 Å². The Bertz CT molecular complexity index is 278. The van der Waals surface area contributed by atoms with Gasteiger partial charge in [0, 0.05) is 18.3 Å². The highest BCUT2D eigenvalue weighted by Gasteiger charge is 2.00. The number of ether oxygens (including phenoxy) is 1. The summed E-state index contributed by atoms with van der Waals surface area (Å²) >= 11 is 5.83. The minimum atomic E-state index is 0.102. The molecule has 2 N–H and O–H groups in total. The molecule has 0 saturated heterocycles. The van der Waals surface area contributed by atoms with Crippen LogP contribution in [0.15, 0.2) is 18.2 Å². The molecule has 0 aliphatic carbocycles. The van der Waals surface area contributed by atoms with Gasteiger partial charge in [0.05, 0.1) is 18.7 Å². The molecule has 0 amide bonds. The molecule has 0 radical (unpaired) electrons. The lowest BCUT2D eigenvalue weighted by atomic mass is 10.3. The van der Waals surface area contributed by atoms with Crippen LogP contribution in [-0.4, -0.2) is 25.4 Å². The van der Waals surface area contributed by atoms with Gasteiger partial charge in [-0.2, -0.15) is 0 Å². The molecule has 1 aromatic carbocycles. The van der Waals surface area contributed by atoms with Crippen LogP contribution in [0.3, 0.4) is 0 Å². The van der Waals surface area contributed by atoms with Gasteiger partial charge in [-0.05, 0) is 12.1 Å². The van der Waals surface area contributed by atoms with E-state index in [0.29, 0.717) is 17.3 Å². The van der Waals surface area contributed by atoms with Crippen LogP contribution in [0.4, 0.5) is 5.69 Å². The summed E-state index contributed by atoms with van der Waals surface area (Å²) in [6, 6.07) is 5.37. The summed E-state index contributed by atoms with van der Waals surface area (Å²) in [6.07, 6.45) is 0. The maximum Gasteiger partial charge on any atom is 0.139 e. The van der Waals surface area contributed by atoms with Gasteiger partial charge in [-0.25, -0.2) is 0 Å². The van der Waals surface area contributed by atoms with Crippen LogP contribution >= 0.6 is 11.6 Å². The molecule has 0 fully saturated rings. The normalized spacial score (nSPS) is 9.77. The van der Waals surface area contributed by atoms with Crippen molar-refractivity contribution in [2.75, 3.05) is 25.6 Å². The fourth-order valence-electron chi connectivity index (χ4n) is 0.970. The van der Waals surface area contributed by atoms with E-state index in [4.69, 9.17) is 21.4 Å². The fraction of sp³-hybridized carbons (Fsp3) is 0.333. The molecule has 0 spiro atoms. The Kier molecular flexibility index (Phi) is 3.86. The third kappa shape index (κ3) is 2.79. The van der Waals surface area contributed by atoms with Gasteiger partial charge in [0.2, 0.25) is 0 Å². The van der Waals surface area contributed by atoms with Gasteiger partial charge in [-0.1, -0.05) is 11.6 Å². The average Bonchev–Trinajstić information content (AvgIpc) is 2.16. The highest BCUT2D eigenvalue weighted by molar-refractivity contribution is 6.32. The third-order valence-electron chi connectivity index (χ3n) is 1.59. The topological polar surface area (TPSA) is 41.5 Å². The second-order valence-electron chi connectivity index (χ2n) is 2.50. The van der Waals surface area contributed by atoms with E-state index in [1.807, 2.05) is 6.07 Å². The smallest absolute Gasteiger partial charge is 0.139 e. The Morgan fingerprint density at radius 1 is 1.54 bits per heavy atom. The minimum absolute atomic E-state index is 0.102. The zero-order chi connectivity index (χ0) is 9.68. The van der Waals surface area contributed by atoms with E-state index < -0.39 is 0 Å². The number of benzene rings is 1. The van der Waals surface area contributed by atoms with E-state index >= 15 is 0 Å². The summed E-state index contributed by atoms with van der Waals surface area (Å²) < 4.78 is 5.03. The lowest BCUT2D eigenvalue weighted by Gasteiger charge is -2.07. The highest BCUT2D eigenvalue weighted by atomic mass is 35.5. The molecular weight excluding hydrogens is 190 g/mol. The molecule has 0 aliphatic heterocycles. The number of methoxy groups -OCH3 is 1. The Balaban J connectivity index is 2.74. The third-order valence-corrected chi connectivity index (χ3v) is 1.90. The lowest BCUT2D eigenvalue weighted by molar-refractivity contribution is 0.311. The van der Waals surface area contributed by atoms with Gasteiger partial charge in [0.1, 0.15) is 5.75 Å². The SMILES string of the molecule is COc1cc(NCCO)ccc1Cl. The molecule has 3 nitrogen and oxygen atoms in total. The number of aliphatic hydroxyl groups is 1. The zero-order valence-corrected chi connectivity index (χ0v) is 8.14. The standard InChI is InChI=1S/C9H12ClNO2/c1-13-9-6-7(11-4-5-12)2-3-8(9)10/h2-3,6,11-12H,4-5H2,1H3. The van der Waals surface area contributed by atoms with Crippen molar-refractivity contribution in [1.82, 2.24) is 0 Å². The van der Waals surface area contributed by atoms with Crippen molar-refractivity contribution in [3.63, 3.8) is 0 Å². The van der Waals surface area contributed by atoms with Gasteiger partial charge in [-0.15, -0.1) is 0 Å². The Morgan fingerprint density at radius 3 is 2.92 bits per heavy atom. The van der Waals surface area contributed by atoms with Gasteiger partial charge in [0.15, 0.2) is 0 Å². The summed E-state index contributed by atoms with van der Waals surface area (Å²) in [7, 11) is 1.57. The summed E-state index contributed by atoms with van der Waals surface area (Å²) in [5.41, 5.74) is 0.885. The summed E-state index contributed by atoms with van der Waals surface area (Å²) in [4.78, 5) is 0. The summed E-state index contributed by atoms with van der Waals surface area (Å²) in [5, 5.41) is 12.2. The molecule has 4 heteroatoms. The molecule has 0 unspecified atom stereocenters. The molecule has 0 aromatic heterocycles. The first-order valence-corrected chi connectivity index (χ1v) is 4.34. The Hall–Kier alpha value is -0.930. The molecule has 0 aliphatic rings. The highest BCUT2D eigenvalue weighted by Crippen LogP contribution is 2.27. The van der Waals surface area contributed by atoms with Crippen LogP contribution in [-0.2, 0) is 0 Å². The molecule has 0 heterocycles. The van der Waals surface area contributed by atoms with Gasteiger partial charge >= 0.3 is 0 Å². The first-order chi connectivity index (χ1) is 6.27. The number of nitrogens with one attached hydrogen (secondary N) is 1. The predicted molar refractivity (Wildman–Crippen MR) is 53.6 cm³/mol. The molecule has 0 atom stereocenters. The van der Waals surface area contributed by atoms with Crippen molar-refractivity contribution in [2.45, 2.75) is 0 Å². The van der Waals surface area contributed by atoms with Crippen LogP contribution in [0.2, 0.25) is 5.02 Å². The fourth-order valence-corrected chi connectivity index (χ4v) is 1.16. The molecule has 72 valence electrons. The quantitative estimate of drug-likeness (QED) is 0.780. The van der Waals surface area contributed by atoms with Crippen LogP contribution in [0.5, 0.6) is 5.75 Å². The van der Waals surface area contributed by atoms with E-state index in [9.17, 15) is 0 Å². The van der Waals surface area contributed by atoms with Crippen LogP contribution in [0.1, 0.15) is 0 Å². The number of hydrogen-bond donors (Lipinski definition) is 2. The summed E-state index contributed by atoms with van der Waals surface area (Å²) in [6.45, 7) is 0.621. The maximum absolute atomic E-state index is 8.59. The predicted octanol–water partition coefficient (Wildman–Crippen LogP) is 1.75. The van der Waals surface area contributed by atoms with Crippen LogP contribution in [0.25, 0.3) is 0 Å². The monoisotopic (exact) mass is 201 g/mol. The number of halogens is 1. The number of anilines is 1. The van der Waals surface area contributed by atoms with Crippen molar-refractivity contribution < 1.29 is 9.84 Å². The largest absolute Gasteiger partial charge is 0.495 e. The second-order valence-corrected chi connectivity index (χ2v) is 2.91. The van der Waals surface area contributed by atoms with Gasteiger partial charge in [0.25, 0.3) is 0 Å². The number of hydrogen-bond acceptors (Lipinski definition) is 3. The van der Waals surface area contributed by atoms with Crippen molar-refractivity contribution in [3.05, 3.63) is 23.2 Å². The van der Waals surface area contributed by atoms with Crippen molar-refractivity contribution in [3.8, 4) is 5.75 Å². The molecular formula is C9H12ClNO2. The van der Waals surface area contributed by atoms with Crippen molar-refractivity contribution in [2.24, 2.45) is 0 Å². The minimum Gasteiger partial charge on any atom is -0.495 e. The van der Waals surface area contributed by atoms with E-state index in [1.165, 1.54) is 0 Å². The maximum atomic E-state index is 8.59. The van der Waals surface area contributed by atoms with E-state index in [-0.39, 0.29) is 6.61 Å². The van der Waals surface area contributed by atoms with Crippen LogP contribution in [0, 0.1) is 0 Å². The Labute approximate surface area is 82.3 Å². The van der Waals surface area contributed by atoms with E-state index in [0.717, 1.165) is 5.69 Å². The molecule has 1 rings (SSSR count). The average molecular weight is 202 g/mol. The van der Waals surface area contributed by atoms with Crippen molar-refractivity contribution in [1.29, 1.82) is 0 Å².